The molecule has 1 aromatic carbocycles. The van der Waals surface area contributed by atoms with E-state index in [0.29, 0.717) is 12.5 Å². The first-order valence-electron chi connectivity index (χ1n) is 13.3. The summed E-state index contributed by atoms with van der Waals surface area (Å²) in [4.78, 5) is 12.2. The lowest BCUT2D eigenvalue weighted by Crippen LogP contribution is -2.34. The Hall–Kier alpha value is -2.87. The van der Waals surface area contributed by atoms with Crippen molar-refractivity contribution in [3.05, 3.63) is 41.6 Å². The minimum Gasteiger partial charge on any atom is -0.490 e. The van der Waals surface area contributed by atoms with Crippen LogP contribution in [0.2, 0.25) is 0 Å². The molecule has 2 fully saturated rings. The zero-order chi connectivity index (χ0) is 24.2. The van der Waals surface area contributed by atoms with E-state index in [0.717, 1.165) is 85.8 Å². The largest absolute Gasteiger partial charge is 0.490 e. The molecule has 1 unspecified atom stereocenters. The van der Waals surface area contributed by atoms with E-state index in [1.54, 1.807) is 0 Å². The molecule has 0 saturated carbocycles. The molecule has 2 saturated heterocycles. The number of ether oxygens (including phenoxy) is 1. The average Bonchev–Trinajstić information content (AvgIpc) is 3.13. The second-order valence-electron chi connectivity index (χ2n) is 10.4. The van der Waals surface area contributed by atoms with Crippen LogP contribution < -0.4 is 20.3 Å². The third-order valence-electron chi connectivity index (χ3n) is 7.25. The molecule has 0 bridgehead atoms. The topological polar surface area (TPSA) is 79.6 Å². The maximum absolute atomic E-state index is 6.32. The number of nitrogens with zero attached hydrogens (tertiary/aromatic N) is 5. The van der Waals surface area contributed by atoms with Crippen LogP contribution in [0.3, 0.4) is 0 Å². The van der Waals surface area contributed by atoms with Crippen molar-refractivity contribution in [3.8, 4) is 5.75 Å². The summed E-state index contributed by atoms with van der Waals surface area (Å²) in [6.45, 7) is 11.4. The molecule has 3 aromatic rings. The maximum atomic E-state index is 6.32. The van der Waals surface area contributed by atoms with Crippen molar-refractivity contribution >= 4 is 17.5 Å². The number of aromatic nitrogens is 4. The van der Waals surface area contributed by atoms with E-state index >= 15 is 0 Å². The fourth-order valence-electron chi connectivity index (χ4n) is 4.96. The number of nitrogens with one attached hydrogen (secondary N) is 2. The Morgan fingerprint density at radius 1 is 1.11 bits per heavy atom. The maximum Gasteiger partial charge on any atom is 0.230 e. The van der Waals surface area contributed by atoms with Crippen molar-refractivity contribution in [1.29, 1.82) is 0 Å². The van der Waals surface area contributed by atoms with Gasteiger partial charge in [-0.1, -0.05) is 32.9 Å². The highest BCUT2D eigenvalue weighted by atomic mass is 16.5. The summed E-state index contributed by atoms with van der Waals surface area (Å²) >= 11 is 0. The van der Waals surface area contributed by atoms with E-state index in [1.165, 1.54) is 12.8 Å². The lowest BCUT2D eigenvalue weighted by molar-refractivity contribution is 0.187. The molecule has 188 valence electrons. The first-order chi connectivity index (χ1) is 17.1. The van der Waals surface area contributed by atoms with Gasteiger partial charge in [-0.25, -0.2) is 0 Å². The first-order valence-corrected chi connectivity index (χ1v) is 13.3. The highest BCUT2D eigenvalue weighted by Crippen LogP contribution is 2.26. The minimum absolute atomic E-state index is 0.281. The Balaban J connectivity index is 1.35. The van der Waals surface area contributed by atoms with Gasteiger partial charge in [-0.15, -0.1) is 0 Å². The van der Waals surface area contributed by atoms with Gasteiger partial charge in [0.2, 0.25) is 11.9 Å². The van der Waals surface area contributed by atoms with Crippen molar-refractivity contribution < 1.29 is 4.74 Å². The Morgan fingerprint density at radius 2 is 1.97 bits per heavy atom. The molecule has 5 rings (SSSR count). The van der Waals surface area contributed by atoms with Gasteiger partial charge in [-0.2, -0.15) is 19.6 Å². The Morgan fingerprint density at radius 3 is 2.80 bits per heavy atom. The van der Waals surface area contributed by atoms with Gasteiger partial charge in [0.05, 0.1) is 12.3 Å². The number of anilines is 2. The van der Waals surface area contributed by atoms with Gasteiger partial charge in [0.15, 0.2) is 5.65 Å². The summed E-state index contributed by atoms with van der Waals surface area (Å²) < 4.78 is 8.17. The first kappa shape index (κ1) is 23.9. The van der Waals surface area contributed by atoms with E-state index in [-0.39, 0.29) is 6.10 Å². The zero-order valence-corrected chi connectivity index (χ0v) is 21.3. The van der Waals surface area contributed by atoms with Crippen molar-refractivity contribution in [3.63, 3.8) is 0 Å². The van der Waals surface area contributed by atoms with Crippen LogP contribution in [-0.4, -0.2) is 51.9 Å². The van der Waals surface area contributed by atoms with Gasteiger partial charge in [0, 0.05) is 25.2 Å². The summed E-state index contributed by atoms with van der Waals surface area (Å²) in [5.41, 5.74) is 3.20. The van der Waals surface area contributed by atoms with Gasteiger partial charge < -0.3 is 20.3 Å². The second kappa shape index (κ2) is 10.8. The van der Waals surface area contributed by atoms with E-state index in [2.05, 4.69) is 65.7 Å². The molecule has 2 aromatic heterocycles. The second-order valence-corrected chi connectivity index (χ2v) is 10.4. The number of piperidine rings is 1. The lowest BCUT2D eigenvalue weighted by Gasteiger charge is -2.30. The summed E-state index contributed by atoms with van der Waals surface area (Å²) in [6, 6.07) is 8.40. The molecule has 2 aliphatic heterocycles. The van der Waals surface area contributed by atoms with E-state index in [4.69, 9.17) is 14.7 Å². The van der Waals surface area contributed by atoms with Crippen LogP contribution in [0.4, 0.5) is 11.9 Å². The van der Waals surface area contributed by atoms with E-state index < -0.39 is 0 Å². The van der Waals surface area contributed by atoms with E-state index in [1.807, 2.05) is 10.7 Å². The molecule has 0 aliphatic carbocycles. The molecule has 0 radical (unpaired) electrons. The van der Waals surface area contributed by atoms with Gasteiger partial charge in [0.1, 0.15) is 5.75 Å². The van der Waals surface area contributed by atoms with Gasteiger partial charge >= 0.3 is 0 Å². The predicted molar refractivity (Wildman–Crippen MR) is 140 cm³/mol. The molecule has 0 amide bonds. The number of fused-ring (bicyclic) bond motifs is 1. The Bertz CT molecular complexity index is 1110. The molecule has 4 heterocycles. The quantitative estimate of drug-likeness (QED) is 0.514. The Kier molecular flexibility index (Phi) is 7.37. The molecule has 35 heavy (non-hydrogen) atoms. The molecular formula is C27H39N7O. The van der Waals surface area contributed by atoms with Crippen molar-refractivity contribution in [1.82, 2.24) is 24.9 Å². The molecule has 1 atom stereocenters. The SMILES string of the molecule is CC1CCN(c2nc(NCc3cccc(OC4CCCNCC4)c3)n3ncc(C(C)C)c3n2)CC1. The fraction of sp³-hybridized carbons (Fsp3) is 0.593. The van der Waals surface area contributed by atoms with Crippen molar-refractivity contribution in [2.24, 2.45) is 5.92 Å². The number of benzene rings is 1. The van der Waals surface area contributed by atoms with Crippen LogP contribution in [0, 0.1) is 5.92 Å². The normalized spacial score (nSPS) is 19.8. The lowest BCUT2D eigenvalue weighted by atomic mass is 10.00. The smallest absolute Gasteiger partial charge is 0.230 e. The number of hydrogen-bond donors (Lipinski definition) is 2. The van der Waals surface area contributed by atoms with Gasteiger partial charge in [-0.3, -0.25) is 0 Å². The van der Waals surface area contributed by atoms with Crippen LogP contribution >= 0.6 is 0 Å². The van der Waals surface area contributed by atoms with Crippen LogP contribution in [0.25, 0.3) is 5.65 Å². The van der Waals surface area contributed by atoms with Gasteiger partial charge in [-0.05, 0) is 74.7 Å². The summed E-state index contributed by atoms with van der Waals surface area (Å²) in [5.74, 6) is 3.58. The third-order valence-corrected chi connectivity index (χ3v) is 7.25. The molecule has 8 heteroatoms. The van der Waals surface area contributed by atoms with Gasteiger partial charge in [0.25, 0.3) is 0 Å². The molecule has 2 N–H and O–H groups in total. The summed E-state index contributed by atoms with van der Waals surface area (Å²) in [7, 11) is 0. The fourth-order valence-corrected chi connectivity index (χ4v) is 4.96. The number of rotatable bonds is 7. The molecular weight excluding hydrogens is 438 g/mol. The third kappa shape index (κ3) is 5.69. The summed E-state index contributed by atoms with van der Waals surface area (Å²) in [5, 5.41) is 11.6. The predicted octanol–water partition coefficient (Wildman–Crippen LogP) is 4.62. The molecule has 0 spiro atoms. The minimum atomic E-state index is 0.281. The van der Waals surface area contributed by atoms with E-state index in [9.17, 15) is 0 Å². The molecule has 8 nitrogen and oxygen atoms in total. The number of hydrogen-bond acceptors (Lipinski definition) is 7. The van der Waals surface area contributed by atoms with Crippen molar-refractivity contribution in [2.45, 2.75) is 71.4 Å². The molecule has 2 aliphatic rings. The monoisotopic (exact) mass is 477 g/mol. The summed E-state index contributed by atoms with van der Waals surface area (Å²) in [6.07, 6.45) is 7.88. The van der Waals surface area contributed by atoms with Crippen LogP contribution in [0.5, 0.6) is 5.75 Å². The van der Waals surface area contributed by atoms with Crippen LogP contribution in [0.1, 0.15) is 69.9 Å². The van der Waals surface area contributed by atoms with Crippen LogP contribution in [0.15, 0.2) is 30.5 Å². The zero-order valence-electron chi connectivity index (χ0n) is 21.3. The Labute approximate surface area is 208 Å². The standard InChI is InChI=1S/C27H39N7O/c1-19(2)24-18-30-34-25(24)31-27(33-14-10-20(3)11-15-33)32-26(34)29-17-21-6-4-7-23(16-21)35-22-8-5-12-28-13-9-22/h4,6-7,16,18-20,22,28H,5,8-15,17H2,1-3H3,(H,29,31,32). The highest BCUT2D eigenvalue weighted by Gasteiger charge is 2.22. The van der Waals surface area contributed by atoms with Crippen LogP contribution in [-0.2, 0) is 6.54 Å². The average molecular weight is 478 g/mol. The highest BCUT2D eigenvalue weighted by molar-refractivity contribution is 5.56. The van der Waals surface area contributed by atoms with Crippen molar-refractivity contribution in [2.75, 3.05) is 36.4 Å².